The van der Waals surface area contributed by atoms with Crippen molar-refractivity contribution >= 4 is 29.2 Å². The average molecular weight is 503 g/mol. The topological polar surface area (TPSA) is 94.0 Å². The lowest BCUT2D eigenvalue weighted by Gasteiger charge is -2.28. The highest BCUT2D eigenvalue weighted by atomic mass is 16.5. The van der Waals surface area contributed by atoms with E-state index in [4.69, 9.17) is 9.47 Å². The van der Waals surface area contributed by atoms with Gasteiger partial charge in [0.2, 0.25) is 5.91 Å². The Balaban J connectivity index is 1.49. The summed E-state index contributed by atoms with van der Waals surface area (Å²) in [6.07, 6.45) is 3.98. The molecular weight excluding hydrogens is 472 g/mol. The molecule has 2 aliphatic heterocycles. The van der Waals surface area contributed by atoms with Crippen molar-refractivity contribution in [1.82, 2.24) is 9.78 Å². The van der Waals surface area contributed by atoms with Crippen LogP contribution in [0.3, 0.4) is 0 Å². The second-order valence-corrected chi connectivity index (χ2v) is 9.09. The van der Waals surface area contributed by atoms with Crippen LogP contribution in [0.4, 0.5) is 11.4 Å². The van der Waals surface area contributed by atoms with Gasteiger partial charge in [-0.25, -0.2) is 9.48 Å². The zero-order chi connectivity index (χ0) is 25.9. The average Bonchev–Trinajstić information content (AvgIpc) is 3.19. The Hall–Kier alpha value is -4.14. The molecule has 0 radical (unpaired) electrons. The van der Waals surface area contributed by atoms with Crippen LogP contribution in [0.25, 0.3) is 5.69 Å². The number of esters is 1. The second-order valence-electron chi connectivity index (χ2n) is 9.09. The first-order valence-corrected chi connectivity index (χ1v) is 12.7. The Bertz CT molecular complexity index is 1310. The fraction of sp³-hybridized carbons (Fsp3) is 0.357. The second kappa shape index (κ2) is 10.5. The number of carbonyl (C=O) groups excluding carboxylic acids is 3. The van der Waals surface area contributed by atoms with Crippen LogP contribution in [0.1, 0.15) is 59.1 Å². The van der Waals surface area contributed by atoms with Crippen LogP contribution in [0.2, 0.25) is 0 Å². The third-order valence-electron chi connectivity index (χ3n) is 6.85. The van der Waals surface area contributed by atoms with Crippen LogP contribution < -0.4 is 14.5 Å². The first-order valence-electron chi connectivity index (χ1n) is 12.7. The van der Waals surface area contributed by atoms with Crippen molar-refractivity contribution in [3.63, 3.8) is 0 Å². The van der Waals surface area contributed by atoms with Gasteiger partial charge in [0.15, 0.2) is 5.69 Å². The molecule has 1 fully saturated rings. The number of methoxy groups -OCH3 is 1. The number of fused-ring (bicyclic) bond motifs is 1. The van der Waals surface area contributed by atoms with Crippen molar-refractivity contribution in [1.29, 1.82) is 0 Å². The SMILES string of the molecule is CCOC(=O)c1nn(-c2ccc(OC)cc2)c2c1CCN(c1ccc(N3CCCCCC3=O)cc1)C2=O. The highest BCUT2D eigenvalue weighted by Gasteiger charge is 2.35. The molecule has 192 valence electrons. The van der Waals surface area contributed by atoms with Crippen LogP contribution in [0.15, 0.2) is 48.5 Å². The lowest BCUT2D eigenvalue weighted by molar-refractivity contribution is -0.118. The highest BCUT2D eigenvalue weighted by Crippen LogP contribution is 2.31. The minimum atomic E-state index is -0.543. The van der Waals surface area contributed by atoms with Gasteiger partial charge in [0.1, 0.15) is 11.4 Å². The van der Waals surface area contributed by atoms with E-state index in [1.165, 1.54) is 4.68 Å². The number of anilines is 2. The van der Waals surface area contributed by atoms with E-state index in [9.17, 15) is 14.4 Å². The zero-order valence-electron chi connectivity index (χ0n) is 21.1. The van der Waals surface area contributed by atoms with Crippen LogP contribution in [0.5, 0.6) is 5.75 Å². The number of hydrogen-bond donors (Lipinski definition) is 0. The summed E-state index contributed by atoms with van der Waals surface area (Å²) in [5.74, 6) is 0.0163. The molecule has 2 aromatic carbocycles. The van der Waals surface area contributed by atoms with Gasteiger partial charge in [-0.2, -0.15) is 5.10 Å². The van der Waals surface area contributed by atoms with E-state index in [2.05, 4.69) is 5.10 Å². The molecule has 0 saturated carbocycles. The molecule has 0 spiro atoms. The lowest BCUT2D eigenvalue weighted by atomic mass is 10.0. The largest absolute Gasteiger partial charge is 0.497 e. The molecule has 0 unspecified atom stereocenters. The van der Waals surface area contributed by atoms with Crippen LogP contribution in [-0.4, -0.2) is 54.4 Å². The van der Waals surface area contributed by atoms with Gasteiger partial charge >= 0.3 is 5.97 Å². The van der Waals surface area contributed by atoms with Gasteiger partial charge in [-0.15, -0.1) is 0 Å². The molecule has 9 heteroatoms. The predicted octanol–water partition coefficient (Wildman–Crippen LogP) is 4.17. The van der Waals surface area contributed by atoms with Crippen molar-refractivity contribution in [2.75, 3.05) is 36.6 Å². The Kier molecular flexibility index (Phi) is 6.94. The predicted molar refractivity (Wildman–Crippen MR) is 139 cm³/mol. The lowest BCUT2D eigenvalue weighted by Crippen LogP contribution is -2.39. The molecule has 0 bridgehead atoms. The summed E-state index contributed by atoms with van der Waals surface area (Å²) in [4.78, 5) is 42.6. The number of rotatable bonds is 6. The molecule has 5 rings (SSSR count). The highest BCUT2D eigenvalue weighted by molar-refractivity contribution is 6.09. The first-order chi connectivity index (χ1) is 18.0. The van der Waals surface area contributed by atoms with Crippen molar-refractivity contribution in [2.45, 2.75) is 39.0 Å². The maximum absolute atomic E-state index is 13.8. The quantitative estimate of drug-likeness (QED) is 0.470. The molecule has 2 aliphatic rings. The standard InChI is InChI=1S/C28H30N4O5/c1-3-37-28(35)25-23-16-18-31(20-10-8-19(9-11-20)30-17-6-4-5-7-24(30)33)27(34)26(23)32(29-25)21-12-14-22(36-2)15-13-21/h8-15H,3-7,16-18H2,1-2H3. The molecule has 0 atom stereocenters. The summed E-state index contributed by atoms with van der Waals surface area (Å²) < 4.78 is 12.0. The first kappa shape index (κ1) is 24.5. The fourth-order valence-corrected chi connectivity index (χ4v) is 4.95. The zero-order valence-corrected chi connectivity index (χ0v) is 21.1. The van der Waals surface area contributed by atoms with Gasteiger partial charge in [0, 0.05) is 36.4 Å². The van der Waals surface area contributed by atoms with Crippen LogP contribution in [0, 0.1) is 0 Å². The molecule has 2 amide bonds. The van der Waals surface area contributed by atoms with E-state index in [0.29, 0.717) is 48.6 Å². The minimum Gasteiger partial charge on any atom is -0.497 e. The number of amides is 2. The Morgan fingerprint density at radius 1 is 0.865 bits per heavy atom. The summed E-state index contributed by atoms with van der Waals surface area (Å²) >= 11 is 0. The van der Waals surface area contributed by atoms with Crippen molar-refractivity contribution in [3.8, 4) is 11.4 Å². The summed E-state index contributed by atoms with van der Waals surface area (Å²) in [5.41, 5.74) is 3.29. The van der Waals surface area contributed by atoms with Crippen LogP contribution >= 0.6 is 0 Å². The number of hydrogen-bond acceptors (Lipinski definition) is 6. The monoisotopic (exact) mass is 502 g/mol. The summed E-state index contributed by atoms with van der Waals surface area (Å²) in [7, 11) is 1.58. The van der Waals surface area contributed by atoms with E-state index >= 15 is 0 Å². The van der Waals surface area contributed by atoms with Crippen molar-refractivity contribution in [3.05, 3.63) is 65.5 Å². The summed E-state index contributed by atoms with van der Waals surface area (Å²) in [6.45, 7) is 3.06. The van der Waals surface area contributed by atoms with E-state index in [1.807, 2.05) is 29.2 Å². The van der Waals surface area contributed by atoms with Gasteiger partial charge in [0.25, 0.3) is 5.91 Å². The van der Waals surface area contributed by atoms with E-state index in [-0.39, 0.29) is 24.1 Å². The number of ether oxygens (including phenoxy) is 2. The molecular formula is C28H30N4O5. The summed E-state index contributed by atoms with van der Waals surface area (Å²) in [5, 5.41) is 4.52. The Morgan fingerprint density at radius 2 is 1.54 bits per heavy atom. The molecule has 0 N–H and O–H groups in total. The van der Waals surface area contributed by atoms with Crippen molar-refractivity contribution in [2.24, 2.45) is 0 Å². The molecule has 3 heterocycles. The third kappa shape index (κ3) is 4.69. The molecule has 9 nitrogen and oxygen atoms in total. The van der Waals surface area contributed by atoms with Crippen LogP contribution in [-0.2, 0) is 16.0 Å². The maximum Gasteiger partial charge on any atom is 0.359 e. The Morgan fingerprint density at radius 3 is 2.22 bits per heavy atom. The van der Waals surface area contributed by atoms with Gasteiger partial charge < -0.3 is 19.3 Å². The molecule has 1 saturated heterocycles. The normalized spacial score (nSPS) is 15.8. The number of carbonyl (C=O) groups is 3. The number of nitrogens with zero attached hydrogens (tertiary/aromatic N) is 4. The van der Waals surface area contributed by atoms with Crippen molar-refractivity contribution < 1.29 is 23.9 Å². The van der Waals surface area contributed by atoms with Gasteiger partial charge in [-0.3, -0.25) is 9.59 Å². The van der Waals surface area contributed by atoms with E-state index in [0.717, 1.165) is 30.6 Å². The van der Waals surface area contributed by atoms with E-state index in [1.54, 1.807) is 43.2 Å². The van der Waals surface area contributed by atoms with E-state index < -0.39 is 5.97 Å². The molecule has 37 heavy (non-hydrogen) atoms. The molecule has 0 aliphatic carbocycles. The summed E-state index contributed by atoms with van der Waals surface area (Å²) in [6, 6.07) is 14.7. The van der Waals surface area contributed by atoms with Gasteiger partial charge in [0.05, 0.1) is 19.4 Å². The van der Waals surface area contributed by atoms with Gasteiger partial charge in [-0.05, 0) is 74.7 Å². The smallest absolute Gasteiger partial charge is 0.359 e. The fourth-order valence-electron chi connectivity index (χ4n) is 4.95. The number of benzene rings is 2. The molecule has 1 aromatic heterocycles. The number of aromatic nitrogens is 2. The minimum absolute atomic E-state index is 0.138. The third-order valence-corrected chi connectivity index (χ3v) is 6.85. The maximum atomic E-state index is 13.8. The molecule has 3 aromatic rings. The van der Waals surface area contributed by atoms with Gasteiger partial charge in [-0.1, -0.05) is 6.42 Å². The Labute approximate surface area is 215 Å².